The van der Waals surface area contributed by atoms with E-state index in [0.29, 0.717) is 0 Å². The third-order valence-electron chi connectivity index (χ3n) is 3.54. The average molecular weight is 178 g/mol. The molecule has 64 valence electrons. The van der Waals surface area contributed by atoms with Crippen molar-refractivity contribution >= 4 is 11.8 Å². The van der Waals surface area contributed by atoms with Crippen LogP contribution in [0.3, 0.4) is 0 Å². The van der Waals surface area contributed by atoms with Crippen LogP contribution < -0.4 is 0 Å². The number of rotatable bonds is 0. The van der Waals surface area contributed by atoms with Crippen molar-refractivity contribution in [3.8, 4) is 0 Å². The Kier molecular flexibility index (Phi) is 1.61. The Morgan fingerprint density at radius 3 is 2.50 bits per heavy atom. The summed E-state index contributed by atoms with van der Waals surface area (Å²) in [6, 6.07) is 0. The molecule has 0 nitrogen and oxygen atoms in total. The van der Waals surface area contributed by atoms with Crippen LogP contribution in [0.2, 0.25) is 0 Å². The zero-order chi connectivity index (χ0) is 7.97. The largest absolute Gasteiger partial charge is 0.158 e. The van der Waals surface area contributed by atoms with Gasteiger partial charge in [-0.05, 0) is 36.3 Å². The maximum absolute atomic E-state index is 2.45. The molecule has 2 aliphatic carbocycles. The van der Waals surface area contributed by atoms with Crippen LogP contribution in [0.25, 0.3) is 0 Å². The van der Waals surface area contributed by atoms with E-state index in [9.17, 15) is 0 Å². The Morgan fingerprint density at radius 2 is 1.83 bits per heavy atom. The molecule has 1 saturated carbocycles. The molecule has 0 N–H and O–H groups in total. The van der Waals surface area contributed by atoms with E-state index in [4.69, 9.17) is 0 Å². The summed E-state index contributed by atoms with van der Waals surface area (Å²) >= 11 is 2.21. The van der Waals surface area contributed by atoms with Gasteiger partial charge in [-0.25, -0.2) is 0 Å². The molecule has 0 spiro atoms. The fourth-order valence-corrected chi connectivity index (χ4v) is 4.56. The Bertz CT molecular complexity index is 207. The molecule has 12 heavy (non-hydrogen) atoms. The molecule has 1 heteroatoms. The van der Waals surface area contributed by atoms with Crippen molar-refractivity contribution in [2.75, 3.05) is 5.75 Å². The molecule has 2 bridgehead atoms. The van der Waals surface area contributed by atoms with Gasteiger partial charge in [-0.15, -0.1) is 0 Å². The second-order valence-corrected chi connectivity index (χ2v) is 5.41. The van der Waals surface area contributed by atoms with Gasteiger partial charge in [0.2, 0.25) is 0 Å². The molecule has 0 aromatic carbocycles. The lowest BCUT2D eigenvalue weighted by Crippen LogP contribution is -2.41. The molecular formula is C11H14S. The second kappa shape index (κ2) is 2.66. The van der Waals surface area contributed by atoms with Gasteiger partial charge in [0.05, 0.1) is 0 Å². The van der Waals surface area contributed by atoms with E-state index in [0.717, 1.165) is 23.0 Å². The number of hydrogen-bond donors (Lipinski definition) is 0. The Morgan fingerprint density at radius 1 is 1.00 bits per heavy atom. The maximum atomic E-state index is 2.45. The first-order valence-corrected chi connectivity index (χ1v) is 5.96. The van der Waals surface area contributed by atoms with Gasteiger partial charge < -0.3 is 0 Å². The first-order valence-electron chi connectivity index (χ1n) is 4.92. The molecule has 4 unspecified atom stereocenters. The minimum Gasteiger partial charge on any atom is -0.158 e. The highest BCUT2D eigenvalue weighted by Crippen LogP contribution is 2.50. The molecule has 3 fully saturated rings. The zero-order valence-electron chi connectivity index (χ0n) is 7.15. The predicted octanol–water partition coefficient (Wildman–Crippen LogP) is 2.87. The normalized spacial score (nSPS) is 49.3. The molecule has 2 saturated heterocycles. The lowest BCUT2D eigenvalue weighted by atomic mass is 9.70. The summed E-state index contributed by atoms with van der Waals surface area (Å²) in [7, 11) is 0. The van der Waals surface area contributed by atoms with E-state index in [2.05, 4.69) is 36.1 Å². The van der Waals surface area contributed by atoms with Crippen LogP contribution in [0.4, 0.5) is 0 Å². The van der Waals surface area contributed by atoms with Crippen LogP contribution in [-0.4, -0.2) is 11.0 Å². The van der Waals surface area contributed by atoms with Crippen LogP contribution in [0.1, 0.15) is 12.8 Å². The first kappa shape index (κ1) is 7.25. The van der Waals surface area contributed by atoms with Gasteiger partial charge in [0.25, 0.3) is 0 Å². The van der Waals surface area contributed by atoms with E-state index >= 15 is 0 Å². The van der Waals surface area contributed by atoms with Crippen LogP contribution in [-0.2, 0) is 0 Å². The van der Waals surface area contributed by atoms with Crippen LogP contribution >= 0.6 is 11.8 Å². The molecule has 0 amide bonds. The van der Waals surface area contributed by atoms with Gasteiger partial charge in [0.15, 0.2) is 0 Å². The van der Waals surface area contributed by atoms with Gasteiger partial charge in [-0.3, -0.25) is 0 Å². The second-order valence-electron chi connectivity index (χ2n) is 4.13. The molecule has 0 aromatic heterocycles. The van der Waals surface area contributed by atoms with Crippen molar-refractivity contribution in [1.82, 2.24) is 0 Å². The van der Waals surface area contributed by atoms with Gasteiger partial charge in [0.1, 0.15) is 0 Å². The van der Waals surface area contributed by atoms with Crippen molar-refractivity contribution in [3.05, 3.63) is 24.3 Å². The van der Waals surface area contributed by atoms with Crippen LogP contribution in [0.5, 0.6) is 0 Å². The summed E-state index contributed by atoms with van der Waals surface area (Å²) in [5.74, 6) is 4.19. The monoisotopic (exact) mass is 178 g/mol. The number of hydrogen-bond acceptors (Lipinski definition) is 1. The standard InChI is InChI=1S/C11H14S/c1-2-4-10-9(3-1)8-5-6-11(10)12-7-8/h1-4,8-11H,5-7H2. The highest BCUT2D eigenvalue weighted by atomic mass is 32.2. The van der Waals surface area contributed by atoms with Gasteiger partial charge in [-0.2, -0.15) is 11.8 Å². The summed E-state index contributed by atoms with van der Waals surface area (Å²) in [5, 5.41) is 0.946. The lowest BCUT2D eigenvalue weighted by Gasteiger charge is -2.47. The minimum absolute atomic E-state index is 0.882. The predicted molar refractivity (Wildman–Crippen MR) is 54.2 cm³/mol. The van der Waals surface area contributed by atoms with E-state index < -0.39 is 0 Å². The summed E-state index contributed by atoms with van der Waals surface area (Å²) < 4.78 is 0. The van der Waals surface area contributed by atoms with E-state index in [1.807, 2.05) is 0 Å². The van der Waals surface area contributed by atoms with Gasteiger partial charge in [-0.1, -0.05) is 24.3 Å². The van der Waals surface area contributed by atoms with Crippen molar-refractivity contribution in [1.29, 1.82) is 0 Å². The summed E-state index contributed by atoms with van der Waals surface area (Å²) in [6.45, 7) is 0. The molecule has 4 aliphatic rings. The Hall–Kier alpha value is -0.170. The minimum atomic E-state index is 0.882. The maximum Gasteiger partial charge on any atom is 0.0116 e. The molecule has 0 aromatic rings. The molecule has 2 heterocycles. The topological polar surface area (TPSA) is 0 Å². The molecule has 4 rings (SSSR count). The van der Waals surface area contributed by atoms with Crippen molar-refractivity contribution in [3.63, 3.8) is 0 Å². The van der Waals surface area contributed by atoms with Crippen molar-refractivity contribution in [2.45, 2.75) is 18.1 Å². The summed E-state index contributed by atoms with van der Waals surface area (Å²) in [5.41, 5.74) is 0. The highest BCUT2D eigenvalue weighted by Gasteiger charge is 2.41. The fourth-order valence-electron chi connectivity index (χ4n) is 2.88. The SMILES string of the molecule is C1=CC2C3CCC(SC3)C2C=C1. The van der Waals surface area contributed by atoms with Gasteiger partial charge >= 0.3 is 0 Å². The fraction of sp³-hybridized carbons (Fsp3) is 0.636. The third-order valence-corrected chi connectivity index (χ3v) is 5.14. The molecular weight excluding hydrogens is 164 g/mol. The third kappa shape index (κ3) is 0.922. The Balaban J connectivity index is 1.94. The smallest absolute Gasteiger partial charge is 0.0116 e. The van der Waals surface area contributed by atoms with E-state index in [-0.39, 0.29) is 0 Å². The van der Waals surface area contributed by atoms with E-state index in [1.54, 1.807) is 0 Å². The number of allylic oxidation sites excluding steroid dienone is 4. The Labute approximate surface area is 78.1 Å². The van der Waals surface area contributed by atoms with Crippen LogP contribution in [0, 0.1) is 17.8 Å². The van der Waals surface area contributed by atoms with Crippen LogP contribution in [0.15, 0.2) is 24.3 Å². The van der Waals surface area contributed by atoms with Crippen molar-refractivity contribution < 1.29 is 0 Å². The summed E-state index contributed by atoms with van der Waals surface area (Å²) in [6.07, 6.45) is 12.3. The van der Waals surface area contributed by atoms with E-state index in [1.165, 1.54) is 18.6 Å². The zero-order valence-corrected chi connectivity index (χ0v) is 7.96. The number of thioether (sulfide) groups is 1. The quantitative estimate of drug-likeness (QED) is 0.549. The lowest BCUT2D eigenvalue weighted by molar-refractivity contribution is 0.241. The number of fused-ring (bicyclic) bond motifs is 2. The first-order chi connectivity index (χ1) is 5.95. The summed E-state index contributed by atoms with van der Waals surface area (Å²) in [4.78, 5) is 0. The molecule has 0 radical (unpaired) electrons. The average Bonchev–Trinajstić information content (AvgIpc) is 2.20. The van der Waals surface area contributed by atoms with Gasteiger partial charge in [0, 0.05) is 5.25 Å². The molecule has 4 atom stereocenters. The molecule has 2 aliphatic heterocycles. The van der Waals surface area contributed by atoms with Crippen molar-refractivity contribution in [2.24, 2.45) is 17.8 Å². The highest BCUT2D eigenvalue weighted by molar-refractivity contribution is 8.00.